The van der Waals surface area contributed by atoms with Crippen LogP contribution in [-0.2, 0) is 4.79 Å². The highest BCUT2D eigenvalue weighted by atomic mass is 35.5. The molecule has 1 aliphatic carbocycles. The maximum Gasteiger partial charge on any atom is 0.232 e. The first-order valence-corrected chi connectivity index (χ1v) is 8.65. The van der Waals surface area contributed by atoms with Crippen molar-refractivity contribution in [3.05, 3.63) is 29.3 Å². The van der Waals surface area contributed by atoms with Gasteiger partial charge in [0, 0.05) is 11.7 Å². The Hall–Kier alpha value is -1.00. The molecule has 0 spiro atoms. The molecule has 2 aliphatic rings. The molecule has 1 heterocycles. The average Bonchev–Trinajstić information content (AvgIpc) is 2.65. The second kappa shape index (κ2) is 5.65. The van der Waals surface area contributed by atoms with Crippen LogP contribution in [0.5, 0.6) is 0 Å². The highest BCUT2D eigenvalue weighted by molar-refractivity contribution is 8.14. The molecular weight excluding hydrogens is 304 g/mol. The van der Waals surface area contributed by atoms with E-state index in [-0.39, 0.29) is 17.4 Å². The summed E-state index contributed by atoms with van der Waals surface area (Å²) in [7, 11) is 0. The molecule has 3 nitrogen and oxygen atoms in total. The summed E-state index contributed by atoms with van der Waals surface area (Å²) >= 11 is 7.82. The van der Waals surface area contributed by atoms with E-state index >= 15 is 0 Å². The number of halogens is 1. The summed E-state index contributed by atoms with van der Waals surface area (Å²) in [5.41, 5.74) is 0.544. The van der Waals surface area contributed by atoms with Crippen LogP contribution in [0.25, 0.3) is 0 Å². The van der Waals surface area contributed by atoms with Gasteiger partial charge in [0.25, 0.3) is 0 Å². The number of thioether (sulfide) groups is 1. The zero-order valence-corrected chi connectivity index (χ0v) is 13.9. The van der Waals surface area contributed by atoms with Crippen molar-refractivity contribution >= 4 is 40.1 Å². The summed E-state index contributed by atoms with van der Waals surface area (Å²) < 4.78 is 0. The summed E-state index contributed by atoms with van der Waals surface area (Å²) in [6.07, 6.45) is 3.18. The fourth-order valence-electron chi connectivity index (χ4n) is 2.59. The van der Waals surface area contributed by atoms with Gasteiger partial charge in [-0.2, -0.15) is 0 Å². The number of hydrogen-bond acceptors (Lipinski definition) is 3. The van der Waals surface area contributed by atoms with Crippen LogP contribution in [0.15, 0.2) is 29.3 Å². The maximum atomic E-state index is 12.7. The molecule has 1 aliphatic heterocycles. The smallest absolute Gasteiger partial charge is 0.232 e. The van der Waals surface area contributed by atoms with Crippen molar-refractivity contribution in [3.8, 4) is 0 Å². The summed E-state index contributed by atoms with van der Waals surface area (Å²) in [5, 5.41) is 1.40. The van der Waals surface area contributed by atoms with Crippen molar-refractivity contribution in [3.63, 3.8) is 0 Å². The second-order valence-electron chi connectivity index (χ2n) is 6.25. The molecule has 1 saturated carbocycles. The van der Waals surface area contributed by atoms with Crippen LogP contribution in [-0.4, -0.2) is 27.3 Å². The quantitative estimate of drug-likeness (QED) is 0.804. The van der Waals surface area contributed by atoms with Crippen molar-refractivity contribution in [1.29, 1.82) is 0 Å². The van der Waals surface area contributed by atoms with Crippen LogP contribution in [0.2, 0.25) is 5.02 Å². The number of benzene rings is 1. The van der Waals surface area contributed by atoms with Gasteiger partial charge in [-0.1, -0.05) is 41.9 Å². The third-order valence-electron chi connectivity index (χ3n) is 4.09. The maximum absolute atomic E-state index is 12.7. The first-order chi connectivity index (χ1) is 9.99. The van der Waals surface area contributed by atoms with Crippen LogP contribution in [0.4, 0.5) is 5.69 Å². The summed E-state index contributed by atoms with van der Waals surface area (Å²) in [6.45, 7) is 4.21. The van der Waals surface area contributed by atoms with E-state index < -0.39 is 0 Å². The molecule has 0 radical (unpaired) electrons. The minimum absolute atomic E-state index is 0.180. The molecule has 1 aromatic rings. The number of carbonyl (C=O) groups excluding carboxylic acids is 1. The standard InChI is InChI=1S/C16H19ClN2OS/c1-16(2)10-21-15(18-13-9-4-3-8-12(13)17)19(16)14(20)11-6-5-7-11/h3-4,8-9,11H,5-7,10H2,1-2H3. The Kier molecular flexibility index (Phi) is 4.02. The summed E-state index contributed by atoms with van der Waals surface area (Å²) in [4.78, 5) is 19.3. The van der Waals surface area contributed by atoms with Gasteiger partial charge in [0.05, 0.1) is 16.2 Å². The van der Waals surface area contributed by atoms with Crippen LogP contribution in [0.1, 0.15) is 33.1 Å². The number of nitrogens with zero attached hydrogens (tertiary/aromatic N) is 2. The first-order valence-electron chi connectivity index (χ1n) is 7.29. The van der Waals surface area contributed by atoms with E-state index in [1.54, 1.807) is 11.8 Å². The van der Waals surface area contributed by atoms with Gasteiger partial charge < -0.3 is 0 Å². The lowest BCUT2D eigenvalue weighted by Crippen LogP contribution is -2.50. The minimum atomic E-state index is -0.183. The second-order valence-corrected chi connectivity index (χ2v) is 7.60. The average molecular weight is 323 g/mol. The molecule has 2 fully saturated rings. The van der Waals surface area contributed by atoms with E-state index in [2.05, 4.69) is 18.8 Å². The number of rotatable bonds is 2. The predicted octanol–water partition coefficient (Wildman–Crippen LogP) is 4.48. The van der Waals surface area contributed by atoms with E-state index in [4.69, 9.17) is 11.6 Å². The highest BCUT2D eigenvalue weighted by Crippen LogP contribution is 2.39. The van der Waals surface area contributed by atoms with E-state index in [0.29, 0.717) is 5.02 Å². The number of para-hydroxylation sites is 1. The van der Waals surface area contributed by atoms with E-state index in [0.717, 1.165) is 35.9 Å². The molecule has 0 unspecified atom stereocenters. The largest absolute Gasteiger partial charge is 0.285 e. The Morgan fingerprint density at radius 3 is 2.71 bits per heavy atom. The van der Waals surface area contributed by atoms with Gasteiger partial charge in [-0.05, 0) is 38.8 Å². The van der Waals surface area contributed by atoms with Crippen molar-refractivity contribution < 1.29 is 4.79 Å². The number of carbonyl (C=O) groups is 1. The fraction of sp³-hybridized carbons (Fsp3) is 0.500. The zero-order chi connectivity index (χ0) is 15.0. The topological polar surface area (TPSA) is 32.7 Å². The molecule has 0 aromatic heterocycles. The third kappa shape index (κ3) is 2.84. The number of aliphatic imine (C=N–C) groups is 1. The Morgan fingerprint density at radius 1 is 1.38 bits per heavy atom. The number of amides is 1. The Bertz CT molecular complexity index is 596. The number of hydrogen-bond donors (Lipinski definition) is 0. The van der Waals surface area contributed by atoms with Gasteiger partial charge >= 0.3 is 0 Å². The predicted molar refractivity (Wildman–Crippen MR) is 89.3 cm³/mol. The molecule has 0 bridgehead atoms. The molecule has 5 heteroatoms. The van der Waals surface area contributed by atoms with Gasteiger partial charge in [0.2, 0.25) is 5.91 Å². The Morgan fingerprint density at radius 2 is 2.10 bits per heavy atom. The fourth-order valence-corrected chi connectivity index (χ4v) is 4.01. The molecule has 0 atom stereocenters. The molecule has 3 rings (SSSR count). The van der Waals surface area contributed by atoms with E-state index in [1.807, 2.05) is 29.2 Å². The third-order valence-corrected chi connectivity index (χ3v) is 5.80. The SMILES string of the molecule is CC1(C)CSC(=Nc2ccccc2Cl)N1C(=O)C1CCC1. The van der Waals surface area contributed by atoms with Crippen LogP contribution < -0.4 is 0 Å². The number of amidine groups is 1. The van der Waals surface area contributed by atoms with Crippen molar-refractivity contribution in [1.82, 2.24) is 4.90 Å². The van der Waals surface area contributed by atoms with Gasteiger partial charge in [-0.15, -0.1) is 0 Å². The van der Waals surface area contributed by atoms with Gasteiger partial charge in [0.15, 0.2) is 5.17 Å². The Labute approximate surface area is 134 Å². The highest BCUT2D eigenvalue weighted by Gasteiger charge is 2.44. The normalized spacial score (nSPS) is 23.4. The molecular formula is C16H19ClN2OS. The van der Waals surface area contributed by atoms with Gasteiger partial charge in [-0.3, -0.25) is 9.69 Å². The lowest BCUT2D eigenvalue weighted by Gasteiger charge is -2.36. The molecule has 1 amide bonds. The Balaban J connectivity index is 1.93. The summed E-state index contributed by atoms with van der Waals surface area (Å²) in [5.74, 6) is 1.27. The van der Waals surface area contributed by atoms with Crippen molar-refractivity contribution in [2.45, 2.75) is 38.6 Å². The molecule has 1 saturated heterocycles. The van der Waals surface area contributed by atoms with Crippen molar-refractivity contribution in [2.75, 3.05) is 5.75 Å². The summed E-state index contributed by atoms with van der Waals surface area (Å²) in [6, 6.07) is 7.50. The molecule has 1 aromatic carbocycles. The van der Waals surface area contributed by atoms with E-state index in [9.17, 15) is 4.79 Å². The molecule has 21 heavy (non-hydrogen) atoms. The first kappa shape index (κ1) is 14.9. The lowest BCUT2D eigenvalue weighted by atomic mass is 9.83. The minimum Gasteiger partial charge on any atom is -0.285 e. The zero-order valence-electron chi connectivity index (χ0n) is 12.3. The van der Waals surface area contributed by atoms with Crippen LogP contribution >= 0.6 is 23.4 Å². The molecule has 0 N–H and O–H groups in total. The van der Waals surface area contributed by atoms with Crippen LogP contribution in [0.3, 0.4) is 0 Å². The van der Waals surface area contributed by atoms with Crippen molar-refractivity contribution in [2.24, 2.45) is 10.9 Å². The van der Waals surface area contributed by atoms with Gasteiger partial charge in [-0.25, -0.2) is 4.99 Å². The van der Waals surface area contributed by atoms with E-state index in [1.165, 1.54) is 0 Å². The van der Waals surface area contributed by atoms with Crippen LogP contribution in [0, 0.1) is 5.92 Å². The monoisotopic (exact) mass is 322 g/mol. The van der Waals surface area contributed by atoms with Gasteiger partial charge in [0.1, 0.15) is 0 Å². The lowest BCUT2D eigenvalue weighted by molar-refractivity contribution is -0.136. The molecule has 112 valence electrons.